The number of methoxy groups -OCH3 is 1. The molecule has 4 nitrogen and oxygen atoms in total. The van der Waals surface area contributed by atoms with Crippen LogP contribution in [0.3, 0.4) is 0 Å². The van der Waals surface area contributed by atoms with Crippen LogP contribution in [0.15, 0.2) is 47.5 Å². The lowest BCUT2D eigenvalue weighted by atomic mass is 10.0. The minimum absolute atomic E-state index is 0.275. The largest absolute Gasteiger partial charge is 0.497 e. The highest BCUT2D eigenvalue weighted by Gasteiger charge is 2.03. The summed E-state index contributed by atoms with van der Waals surface area (Å²) in [5, 5.41) is 3.05. The molecule has 0 spiro atoms. The van der Waals surface area contributed by atoms with Gasteiger partial charge in [-0.2, -0.15) is 0 Å². The zero-order valence-corrected chi connectivity index (χ0v) is 13.6. The Kier molecular flexibility index (Phi) is 5.57. The molecule has 5 heteroatoms. The summed E-state index contributed by atoms with van der Waals surface area (Å²) in [5.74, 6) is 0.834. The van der Waals surface area contributed by atoms with Gasteiger partial charge in [-0.25, -0.2) is 9.38 Å². The van der Waals surface area contributed by atoms with Crippen LogP contribution in [0.4, 0.5) is 10.1 Å². The minimum Gasteiger partial charge on any atom is -0.497 e. The summed E-state index contributed by atoms with van der Waals surface area (Å²) >= 11 is 0. The number of nitrogens with zero attached hydrogens (tertiary/aromatic N) is 1. The third-order valence-corrected chi connectivity index (χ3v) is 3.42. The van der Waals surface area contributed by atoms with Crippen LogP contribution in [0.1, 0.15) is 30.9 Å². The molecular weight excluding hydrogens is 293 g/mol. The van der Waals surface area contributed by atoms with Crippen LogP contribution in [0.5, 0.6) is 5.75 Å². The summed E-state index contributed by atoms with van der Waals surface area (Å²) in [5.41, 5.74) is 8.70. The van der Waals surface area contributed by atoms with Crippen molar-refractivity contribution in [3.8, 4) is 5.75 Å². The number of rotatable bonds is 5. The van der Waals surface area contributed by atoms with Gasteiger partial charge < -0.3 is 15.8 Å². The van der Waals surface area contributed by atoms with Gasteiger partial charge in [0.1, 0.15) is 11.6 Å². The van der Waals surface area contributed by atoms with Crippen molar-refractivity contribution < 1.29 is 9.13 Å². The van der Waals surface area contributed by atoms with Gasteiger partial charge >= 0.3 is 0 Å². The predicted molar refractivity (Wildman–Crippen MR) is 92.4 cm³/mol. The van der Waals surface area contributed by atoms with Crippen LogP contribution >= 0.6 is 0 Å². The monoisotopic (exact) mass is 315 g/mol. The van der Waals surface area contributed by atoms with E-state index in [2.05, 4.69) is 30.2 Å². The number of aliphatic imine (C=N–C) groups is 1. The lowest BCUT2D eigenvalue weighted by Crippen LogP contribution is -2.22. The predicted octanol–water partition coefficient (Wildman–Crippen LogP) is 3.88. The van der Waals surface area contributed by atoms with Gasteiger partial charge in [-0.3, -0.25) is 0 Å². The molecular formula is C18H22FN3O. The SMILES string of the molecule is COc1cc(F)cc(CN=C(N)Nc2cccc(C(C)C)c2)c1. The first-order chi connectivity index (χ1) is 11.0. The van der Waals surface area contributed by atoms with Crippen molar-refractivity contribution in [2.75, 3.05) is 12.4 Å². The summed E-state index contributed by atoms with van der Waals surface area (Å²) in [6, 6.07) is 12.5. The van der Waals surface area contributed by atoms with E-state index in [0.29, 0.717) is 17.2 Å². The number of hydrogen-bond acceptors (Lipinski definition) is 2. The fourth-order valence-corrected chi connectivity index (χ4v) is 2.17. The molecule has 0 saturated heterocycles. The van der Waals surface area contributed by atoms with Gasteiger partial charge in [0.05, 0.1) is 13.7 Å². The molecule has 0 heterocycles. The van der Waals surface area contributed by atoms with Gasteiger partial charge in [0.15, 0.2) is 5.96 Å². The van der Waals surface area contributed by atoms with Crippen LogP contribution in [0, 0.1) is 5.82 Å². The van der Waals surface area contributed by atoms with E-state index in [4.69, 9.17) is 10.5 Å². The van der Waals surface area contributed by atoms with Crippen LogP contribution in [-0.2, 0) is 6.54 Å². The number of ether oxygens (including phenoxy) is 1. The van der Waals surface area contributed by atoms with Crippen molar-refractivity contribution in [1.82, 2.24) is 0 Å². The molecule has 3 N–H and O–H groups in total. The quantitative estimate of drug-likeness (QED) is 0.650. The number of benzene rings is 2. The van der Waals surface area contributed by atoms with Gasteiger partial charge in [0.2, 0.25) is 0 Å². The lowest BCUT2D eigenvalue weighted by molar-refractivity contribution is 0.410. The molecule has 0 aromatic heterocycles. The van der Waals surface area contributed by atoms with Crippen molar-refractivity contribution in [2.45, 2.75) is 26.3 Å². The highest BCUT2D eigenvalue weighted by molar-refractivity contribution is 5.92. The first-order valence-electron chi connectivity index (χ1n) is 7.48. The Morgan fingerprint density at radius 1 is 1.26 bits per heavy atom. The second-order valence-electron chi connectivity index (χ2n) is 5.61. The Labute approximate surface area is 136 Å². The second-order valence-corrected chi connectivity index (χ2v) is 5.61. The van der Waals surface area contributed by atoms with E-state index in [1.54, 1.807) is 6.07 Å². The van der Waals surface area contributed by atoms with Crippen molar-refractivity contribution in [2.24, 2.45) is 10.7 Å². The fraction of sp³-hybridized carbons (Fsp3) is 0.278. The van der Waals surface area contributed by atoms with E-state index in [1.165, 1.54) is 24.8 Å². The first kappa shape index (κ1) is 16.8. The average Bonchev–Trinajstić information content (AvgIpc) is 2.52. The molecule has 122 valence electrons. The van der Waals surface area contributed by atoms with E-state index in [-0.39, 0.29) is 18.3 Å². The molecule has 0 aliphatic heterocycles. The van der Waals surface area contributed by atoms with Gasteiger partial charge in [0, 0.05) is 11.8 Å². The molecule has 0 amide bonds. The van der Waals surface area contributed by atoms with Gasteiger partial charge in [-0.05, 0) is 41.3 Å². The van der Waals surface area contributed by atoms with Crippen LogP contribution in [0.2, 0.25) is 0 Å². The molecule has 0 aliphatic carbocycles. The third-order valence-electron chi connectivity index (χ3n) is 3.42. The van der Waals surface area contributed by atoms with E-state index < -0.39 is 0 Å². The number of nitrogens with one attached hydrogen (secondary N) is 1. The summed E-state index contributed by atoms with van der Waals surface area (Å²) < 4.78 is 18.5. The maximum absolute atomic E-state index is 13.4. The summed E-state index contributed by atoms with van der Waals surface area (Å²) in [7, 11) is 1.50. The van der Waals surface area contributed by atoms with E-state index in [9.17, 15) is 4.39 Å². The normalized spacial score (nSPS) is 11.6. The smallest absolute Gasteiger partial charge is 0.193 e. The molecule has 0 bridgehead atoms. The van der Waals surface area contributed by atoms with Gasteiger partial charge in [-0.1, -0.05) is 26.0 Å². The van der Waals surface area contributed by atoms with Crippen molar-refractivity contribution in [3.63, 3.8) is 0 Å². The number of hydrogen-bond donors (Lipinski definition) is 2. The average molecular weight is 315 g/mol. The van der Waals surface area contributed by atoms with Crippen molar-refractivity contribution in [1.29, 1.82) is 0 Å². The molecule has 0 radical (unpaired) electrons. The van der Waals surface area contributed by atoms with Crippen LogP contribution < -0.4 is 15.8 Å². The Morgan fingerprint density at radius 2 is 2.04 bits per heavy atom. The minimum atomic E-state index is -0.356. The Balaban J connectivity index is 2.06. The molecule has 2 aromatic rings. The van der Waals surface area contributed by atoms with Gasteiger partial charge in [0.25, 0.3) is 0 Å². The van der Waals surface area contributed by atoms with Crippen LogP contribution in [0.25, 0.3) is 0 Å². The van der Waals surface area contributed by atoms with Crippen molar-refractivity contribution in [3.05, 3.63) is 59.4 Å². The van der Waals surface area contributed by atoms with E-state index in [0.717, 1.165) is 5.69 Å². The summed E-state index contributed by atoms with van der Waals surface area (Å²) in [6.45, 7) is 4.54. The zero-order valence-electron chi connectivity index (χ0n) is 13.6. The molecule has 0 aliphatic rings. The third kappa shape index (κ3) is 4.98. The molecule has 23 heavy (non-hydrogen) atoms. The Hall–Kier alpha value is -2.56. The van der Waals surface area contributed by atoms with Gasteiger partial charge in [-0.15, -0.1) is 0 Å². The number of halogens is 1. The Morgan fingerprint density at radius 3 is 2.74 bits per heavy atom. The summed E-state index contributed by atoms with van der Waals surface area (Å²) in [6.07, 6.45) is 0. The maximum atomic E-state index is 13.4. The Bertz CT molecular complexity index is 698. The standard InChI is InChI=1S/C18H22FN3O/c1-12(2)14-5-4-6-16(9-14)22-18(20)21-11-13-7-15(19)10-17(8-13)23-3/h4-10,12H,11H2,1-3H3,(H3,20,21,22). The zero-order chi connectivity index (χ0) is 16.8. The number of guanidine groups is 1. The molecule has 2 aromatic carbocycles. The number of nitrogens with two attached hydrogens (primary N) is 1. The first-order valence-corrected chi connectivity index (χ1v) is 7.48. The van der Waals surface area contributed by atoms with Crippen LogP contribution in [-0.4, -0.2) is 13.1 Å². The molecule has 0 fully saturated rings. The van der Waals surface area contributed by atoms with E-state index >= 15 is 0 Å². The maximum Gasteiger partial charge on any atom is 0.193 e. The fourth-order valence-electron chi connectivity index (χ4n) is 2.17. The highest BCUT2D eigenvalue weighted by atomic mass is 19.1. The molecule has 0 unspecified atom stereocenters. The summed E-state index contributed by atoms with van der Waals surface area (Å²) in [4.78, 5) is 4.24. The van der Waals surface area contributed by atoms with Crippen molar-refractivity contribution >= 4 is 11.6 Å². The molecule has 0 saturated carbocycles. The lowest BCUT2D eigenvalue weighted by Gasteiger charge is -2.10. The number of anilines is 1. The molecule has 0 atom stereocenters. The second kappa shape index (κ2) is 7.63. The molecule has 2 rings (SSSR count). The highest BCUT2D eigenvalue weighted by Crippen LogP contribution is 2.19. The topological polar surface area (TPSA) is 59.6 Å². The van der Waals surface area contributed by atoms with E-state index in [1.807, 2.05) is 18.2 Å².